The molecule has 2 nitrogen and oxygen atoms in total. The molecule has 1 aromatic carbocycles. The van der Waals surface area contributed by atoms with E-state index in [9.17, 15) is 0 Å². The number of unbranched alkanes of at least 4 members (excludes halogenated alkanes) is 2. The van der Waals surface area contributed by atoms with Crippen LogP contribution in [0.1, 0.15) is 24.8 Å². The molecule has 2 heteroatoms. The Morgan fingerprint density at radius 3 is 2.87 bits per heavy atom. The molecular weight excluding hydrogens is 186 g/mol. The van der Waals surface area contributed by atoms with Gasteiger partial charge in [0.2, 0.25) is 0 Å². The van der Waals surface area contributed by atoms with E-state index >= 15 is 0 Å². The molecule has 0 aliphatic rings. The van der Waals surface area contributed by atoms with Gasteiger partial charge >= 0.3 is 0 Å². The lowest BCUT2D eigenvalue weighted by molar-refractivity contribution is 0.283. The first-order valence-corrected chi connectivity index (χ1v) is 5.57. The van der Waals surface area contributed by atoms with Crippen LogP contribution in [0.2, 0.25) is 0 Å². The fourth-order valence-corrected chi connectivity index (χ4v) is 1.96. The summed E-state index contributed by atoms with van der Waals surface area (Å²) in [5, 5.41) is 9.98. The summed E-state index contributed by atoms with van der Waals surface area (Å²) in [7, 11) is 0. The minimum absolute atomic E-state index is 0.312. The predicted molar refractivity (Wildman–Crippen MR) is 62.9 cm³/mol. The summed E-state index contributed by atoms with van der Waals surface area (Å²) in [6.45, 7) is 0.312. The summed E-state index contributed by atoms with van der Waals surface area (Å²) in [4.78, 5) is 3.28. The first kappa shape index (κ1) is 10.2. The Labute approximate surface area is 89.9 Å². The molecule has 0 aliphatic carbocycles. The van der Waals surface area contributed by atoms with Crippen LogP contribution in [-0.2, 0) is 6.42 Å². The van der Waals surface area contributed by atoms with Crippen molar-refractivity contribution in [3.8, 4) is 0 Å². The van der Waals surface area contributed by atoms with Gasteiger partial charge in [0, 0.05) is 18.3 Å². The van der Waals surface area contributed by atoms with E-state index in [-0.39, 0.29) is 0 Å². The Hall–Kier alpha value is -1.28. The molecule has 80 valence electrons. The van der Waals surface area contributed by atoms with E-state index in [0.717, 1.165) is 25.7 Å². The predicted octanol–water partition coefficient (Wildman–Crippen LogP) is 2.87. The van der Waals surface area contributed by atoms with Crippen molar-refractivity contribution < 1.29 is 5.11 Å². The number of hydrogen-bond donors (Lipinski definition) is 2. The molecule has 15 heavy (non-hydrogen) atoms. The second kappa shape index (κ2) is 4.99. The highest BCUT2D eigenvalue weighted by atomic mass is 16.2. The molecule has 0 saturated carbocycles. The maximum atomic E-state index is 8.70. The van der Waals surface area contributed by atoms with E-state index in [1.807, 2.05) is 6.20 Å². The van der Waals surface area contributed by atoms with E-state index in [1.165, 1.54) is 16.5 Å². The molecule has 2 N–H and O–H groups in total. The summed E-state index contributed by atoms with van der Waals surface area (Å²) < 4.78 is 0. The highest BCUT2D eigenvalue weighted by Gasteiger charge is 2.00. The fraction of sp³-hybridized carbons (Fsp3) is 0.385. The quantitative estimate of drug-likeness (QED) is 0.720. The van der Waals surface area contributed by atoms with Crippen molar-refractivity contribution in [3.05, 3.63) is 36.0 Å². The zero-order chi connectivity index (χ0) is 10.5. The maximum absolute atomic E-state index is 8.70. The van der Waals surface area contributed by atoms with Crippen molar-refractivity contribution in [2.45, 2.75) is 25.7 Å². The van der Waals surface area contributed by atoms with Gasteiger partial charge in [-0.1, -0.05) is 24.6 Å². The van der Waals surface area contributed by atoms with Crippen LogP contribution in [0.5, 0.6) is 0 Å². The number of aromatic nitrogens is 1. The first-order valence-electron chi connectivity index (χ1n) is 5.57. The summed E-state index contributed by atoms with van der Waals surface area (Å²) >= 11 is 0. The first-order chi connectivity index (χ1) is 7.42. The number of aliphatic hydroxyl groups excluding tert-OH is 1. The molecule has 0 aliphatic heterocycles. The van der Waals surface area contributed by atoms with Gasteiger partial charge in [-0.05, 0) is 36.3 Å². The topological polar surface area (TPSA) is 36.0 Å². The van der Waals surface area contributed by atoms with Gasteiger partial charge in [0.1, 0.15) is 0 Å². The van der Waals surface area contributed by atoms with Crippen LogP contribution in [0, 0.1) is 0 Å². The number of para-hydroxylation sites is 1. The van der Waals surface area contributed by atoms with Crippen molar-refractivity contribution >= 4 is 10.9 Å². The number of aryl methyl sites for hydroxylation is 1. The van der Waals surface area contributed by atoms with Crippen LogP contribution in [0.3, 0.4) is 0 Å². The average molecular weight is 203 g/mol. The largest absolute Gasteiger partial charge is 0.396 e. The maximum Gasteiger partial charge on any atom is 0.0486 e. The Morgan fingerprint density at radius 1 is 1.07 bits per heavy atom. The highest BCUT2D eigenvalue weighted by molar-refractivity contribution is 5.82. The number of aliphatic hydroxyl groups is 1. The average Bonchev–Trinajstić information content (AvgIpc) is 2.73. The van der Waals surface area contributed by atoms with Gasteiger partial charge in [-0.25, -0.2) is 0 Å². The lowest BCUT2D eigenvalue weighted by Gasteiger charge is -2.02. The Bertz CT molecular complexity index is 419. The van der Waals surface area contributed by atoms with E-state index in [2.05, 4.69) is 29.2 Å². The van der Waals surface area contributed by atoms with Gasteiger partial charge in [-0.15, -0.1) is 0 Å². The molecule has 0 spiro atoms. The van der Waals surface area contributed by atoms with Gasteiger partial charge < -0.3 is 10.1 Å². The number of rotatable bonds is 5. The smallest absolute Gasteiger partial charge is 0.0486 e. The Morgan fingerprint density at radius 2 is 2.00 bits per heavy atom. The van der Waals surface area contributed by atoms with Crippen molar-refractivity contribution in [3.63, 3.8) is 0 Å². The minimum Gasteiger partial charge on any atom is -0.396 e. The lowest BCUT2D eigenvalue weighted by atomic mass is 10.0. The van der Waals surface area contributed by atoms with Gasteiger partial charge in [-0.3, -0.25) is 0 Å². The molecule has 2 rings (SSSR count). The summed E-state index contributed by atoms with van der Waals surface area (Å²) in [6.07, 6.45) is 6.26. The summed E-state index contributed by atoms with van der Waals surface area (Å²) in [6, 6.07) is 8.52. The third-order valence-electron chi connectivity index (χ3n) is 2.78. The van der Waals surface area contributed by atoms with E-state index in [1.54, 1.807) is 0 Å². The molecule has 0 radical (unpaired) electrons. The zero-order valence-electron chi connectivity index (χ0n) is 8.87. The number of benzene rings is 1. The molecule has 1 heterocycles. The van der Waals surface area contributed by atoms with E-state index in [0.29, 0.717) is 6.61 Å². The molecule has 2 aromatic rings. The highest BCUT2D eigenvalue weighted by Crippen LogP contribution is 2.18. The van der Waals surface area contributed by atoms with E-state index < -0.39 is 0 Å². The molecule has 0 amide bonds. The summed E-state index contributed by atoms with van der Waals surface area (Å²) in [5.74, 6) is 0. The third-order valence-corrected chi connectivity index (χ3v) is 2.78. The SMILES string of the molecule is OCCCCCc1cccc2cc[nH]c12. The van der Waals surface area contributed by atoms with Gasteiger partial charge in [0.05, 0.1) is 0 Å². The number of H-pyrrole nitrogens is 1. The molecule has 0 fully saturated rings. The second-order valence-electron chi connectivity index (χ2n) is 3.89. The Balaban J connectivity index is 2.04. The van der Waals surface area contributed by atoms with Crippen LogP contribution in [0.25, 0.3) is 10.9 Å². The third kappa shape index (κ3) is 2.39. The fourth-order valence-electron chi connectivity index (χ4n) is 1.96. The molecule has 1 aromatic heterocycles. The van der Waals surface area contributed by atoms with E-state index in [4.69, 9.17) is 5.11 Å². The van der Waals surface area contributed by atoms with Crippen molar-refractivity contribution in [2.24, 2.45) is 0 Å². The van der Waals surface area contributed by atoms with Gasteiger partial charge in [0.25, 0.3) is 0 Å². The normalized spacial score (nSPS) is 11.0. The molecule has 0 unspecified atom stereocenters. The molecule has 0 atom stereocenters. The number of aromatic amines is 1. The zero-order valence-corrected chi connectivity index (χ0v) is 8.87. The number of nitrogens with one attached hydrogen (secondary N) is 1. The van der Waals surface area contributed by atoms with Crippen molar-refractivity contribution in [2.75, 3.05) is 6.61 Å². The number of fused-ring (bicyclic) bond motifs is 1. The number of hydrogen-bond acceptors (Lipinski definition) is 1. The molecular formula is C13H17NO. The van der Waals surface area contributed by atoms with Crippen LogP contribution in [0.15, 0.2) is 30.5 Å². The van der Waals surface area contributed by atoms with Crippen LogP contribution >= 0.6 is 0 Å². The van der Waals surface area contributed by atoms with Crippen molar-refractivity contribution in [1.82, 2.24) is 4.98 Å². The minimum atomic E-state index is 0.312. The van der Waals surface area contributed by atoms with Crippen LogP contribution in [0.4, 0.5) is 0 Å². The van der Waals surface area contributed by atoms with Gasteiger partial charge in [0.15, 0.2) is 0 Å². The van der Waals surface area contributed by atoms with Crippen molar-refractivity contribution in [1.29, 1.82) is 0 Å². The monoisotopic (exact) mass is 203 g/mol. The summed E-state index contributed by atoms with van der Waals surface area (Å²) in [5.41, 5.74) is 2.65. The molecule has 0 saturated heterocycles. The standard InChI is InChI=1S/C13H17NO/c15-10-3-1-2-5-11-6-4-7-12-8-9-14-13(11)12/h4,6-9,14-15H,1-3,5,10H2. The van der Waals surface area contributed by atoms with Crippen LogP contribution in [-0.4, -0.2) is 16.7 Å². The Kier molecular flexibility index (Phi) is 3.41. The van der Waals surface area contributed by atoms with Gasteiger partial charge in [-0.2, -0.15) is 0 Å². The lowest BCUT2D eigenvalue weighted by Crippen LogP contribution is -1.89. The van der Waals surface area contributed by atoms with Crippen LogP contribution < -0.4 is 0 Å². The second-order valence-corrected chi connectivity index (χ2v) is 3.89. The molecule has 0 bridgehead atoms.